The van der Waals surface area contributed by atoms with E-state index in [2.05, 4.69) is 4.98 Å². The van der Waals surface area contributed by atoms with Gasteiger partial charge in [0.25, 0.3) is 0 Å². The molecule has 25 heavy (non-hydrogen) atoms. The molecule has 2 heterocycles. The van der Waals surface area contributed by atoms with Crippen molar-refractivity contribution >= 4 is 27.1 Å². The quantitative estimate of drug-likeness (QED) is 0.769. The summed E-state index contributed by atoms with van der Waals surface area (Å²) in [5, 5.41) is 2.68. The molecule has 0 saturated carbocycles. The summed E-state index contributed by atoms with van der Waals surface area (Å²) in [6, 6.07) is 6.73. The number of benzene rings is 1. The topological polar surface area (TPSA) is 76.6 Å². The number of carbonyl (C=O) groups is 1. The van der Waals surface area contributed by atoms with Gasteiger partial charge in [-0.05, 0) is 12.1 Å². The van der Waals surface area contributed by atoms with Gasteiger partial charge in [-0.25, -0.2) is 13.4 Å². The van der Waals surface area contributed by atoms with Crippen LogP contribution >= 0.6 is 11.3 Å². The van der Waals surface area contributed by atoms with Crippen molar-refractivity contribution in [1.29, 1.82) is 0 Å². The van der Waals surface area contributed by atoms with Crippen molar-refractivity contribution in [2.45, 2.75) is 24.7 Å². The maximum absolute atomic E-state index is 12.6. The van der Waals surface area contributed by atoms with Gasteiger partial charge in [0.05, 0.1) is 30.2 Å². The van der Waals surface area contributed by atoms with Crippen LogP contribution in [0.15, 0.2) is 34.5 Å². The molecule has 0 atom stereocenters. The van der Waals surface area contributed by atoms with Crippen LogP contribution in [0.5, 0.6) is 0 Å². The number of hydrogen-bond donors (Lipinski definition) is 0. The van der Waals surface area contributed by atoms with Crippen molar-refractivity contribution in [2.75, 3.05) is 26.3 Å². The van der Waals surface area contributed by atoms with E-state index in [1.165, 1.54) is 15.6 Å². The van der Waals surface area contributed by atoms with Gasteiger partial charge < -0.3 is 4.74 Å². The molecular weight excluding hydrogens is 360 g/mol. The zero-order valence-electron chi connectivity index (χ0n) is 14.0. The SMILES string of the molecule is CCC(=O)Cc1nc(-c2ccc(S(=O)(=O)N3CCOCC3)cc2)cs1. The maximum atomic E-state index is 12.6. The Balaban J connectivity index is 1.77. The van der Waals surface area contributed by atoms with E-state index < -0.39 is 10.0 Å². The molecule has 0 unspecified atom stereocenters. The minimum atomic E-state index is -3.48. The lowest BCUT2D eigenvalue weighted by atomic mass is 10.2. The lowest BCUT2D eigenvalue weighted by molar-refractivity contribution is -0.118. The minimum absolute atomic E-state index is 0.160. The second kappa shape index (κ2) is 7.74. The van der Waals surface area contributed by atoms with E-state index in [1.54, 1.807) is 24.3 Å². The molecule has 0 radical (unpaired) electrons. The lowest BCUT2D eigenvalue weighted by Crippen LogP contribution is -2.40. The van der Waals surface area contributed by atoms with Crippen LogP contribution in [0.4, 0.5) is 0 Å². The van der Waals surface area contributed by atoms with E-state index in [0.717, 1.165) is 16.3 Å². The van der Waals surface area contributed by atoms with Crippen LogP contribution < -0.4 is 0 Å². The molecule has 3 rings (SSSR count). The molecule has 0 bridgehead atoms. The van der Waals surface area contributed by atoms with Crippen LogP contribution in [0.2, 0.25) is 0 Å². The van der Waals surface area contributed by atoms with Crippen LogP contribution in [0.3, 0.4) is 0 Å². The van der Waals surface area contributed by atoms with E-state index in [-0.39, 0.29) is 10.7 Å². The predicted molar refractivity (Wildman–Crippen MR) is 96.1 cm³/mol. The van der Waals surface area contributed by atoms with Crippen molar-refractivity contribution in [3.05, 3.63) is 34.7 Å². The molecular formula is C17H20N2O4S2. The highest BCUT2D eigenvalue weighted by Crippen LogP contribution is 2.25. The molecule has 0 amide bonds. The highest BCUT2D eigenvalue weighted by atomic mass is 32.2. The van der Waals surface area contributed by atoms with Crippen molar-refractivity contribution < 1.29 is 17.9 Å². The summed E-state index contributed by atoms with van der Waals surface area (Å²) >= 11 is 1.45. The van der Waals surface area contributed by atoms with Crippen molar-refractivity contribution in [3.8, 4) is 11.3 Å². The molecule has 0 aliphatic carbocycles. The van der Waals surface area contributed by atoms with Gasteiger partial charge in [0.1, 0.15) is 10.8 Å². The van der Waals surface area contributed by atoms with Crippen LogP contribution in [0.25, 0.3) is 11.3 Å². The fraction of sp³-hybridized carbons (Fsp3) is 0.412. The number of aromatic nitrogens is 1. The first-order valence-corrected chi connectivity index (χ1v) is 10.5. The van der Waals surface area contributed by atoms with Crippen molar-refractivity contribution in [2.24, 2.45) is 0 Å². The number of ketones is 1. The summed E-state index contributed by atoms with van der Waals surface area (Å²) in [5.41, 5.74) is 1.60. The smallest absolute Gasteiger partial charge is 0.243 e. The van der Waals surface area contributed by atoms with Gasteiger partial charge in [-0.1, -0.05) is 19.1 Å². The summed E-state index contributed by atoms with van der Waals surface area (Å²) in [6.45, 7) is 3.45. The maximum Gasteiger partial charge on any atom is 0.243 e. The van der Waals surface area contributed by atoms with Gasteiger partial charge in [-0.2, -0.15) is 4.31 Å². The van der Waals surface area contributed by atoms with Gasteiger partial charge in [-0.3, -0.25) is 4.79 Å². The number of ether oxygens (including phenoxy) is 1. The standard InChI is InChI=1S/C17H20N2O4S2/c1-2-14(20)11-17-18-16(12-24-17)13-3-5-15(6-4-13)25(21,22)19-7-9-23-10-8-19/h3-6,12H,2,7-11H2,1H3. The average Bonchev–Trinajstić information content (AvgIpc) is 3.11. The van der Waals surface area contributed by atoms with E-state index in [4.69, 9.17) is 4.74 Å². The summed E-state index contributed by atoms with van der Waals surface area (Å²) in [4.78, 5) is 16.3. The molecule has 1 aromatic carbocycles. The van der Waals surface area contributed by atoms with Gasteiger partial charge in [-0.15, -0.1) is 11.3 Å². The van der Waals surface area contributed by atoms with Gasteiger partial charge >= 0.3 is 0 Å². The highest BCUT2D eigenvalue weighted by Gasteiger charge is 2.26. The van der Waals surface area contributed by atoms with E-state index in [9.17, 15) is 13.2 Å². The lowest BCUT2D eigenvalue weighted by Gasteiger charge is -2.26. The second-order valence-electron chi connectivity index (χ2n) is 5.74. The van der Waals surface area contributed by atoms with Gasteiger partial charge in [0.15, 0.2) is 0 Å². The Morgan fingerprint density at radius 1 is 1.24 bits per heavy atom. The third-order valence-electron chi connectivity index (χ3n) is 4.05. The average molecular weight is 380 g/mol. The Kier molecular flexibility index (Phi) is 5.63. The van der Waals surface area contributed by atoms with Crippen molar-refractivity contribution in [3.63, 3.8) is 0 Å². The first-order valence-electron chi connectivity index (χ1n) is 8.15. The molecule has 1 aromatic heterocycles. The fourth-order valence-electron chi connectivity index (χ4n) is 2.55. The molecule has 8 heteroatoms. The molecule has 1 aliphatic heterocycles. The summed E-state index contributed by atoms with van der Waals surface area (Å²) in [6.07, 6.45) is 0.855. The number of Topliss-reactive ketones (excluding diaryl/α,β-unsaturated/α-hetero) is 1. The number of nitrogens with zero attached hydrogens (tertiary/aromatic N) is 2. The molecule has 0 spiro atoms. The van der Waals surface area contributed by atoms with Gasteiger partial charge in [0.2, 0.25) is 10.0 Å². The summed E-state index contributed by atoms with van der Waals surface area (Å²) < 4.78 is 31.9. The summed E-state index contributed by atoms with van der Waals surface area (Å²) in [5.74, 6) is 0.160. The molecule has 1 aliphatic rings. The summed E-state index contributed by atoms with van der Waals surface area (Å²) in [7, 11) is -3.48. The second-order valence-corrected chi connectivity index (χ2v) is 8.62. The van der Waals surface area contributed by atoms with Crippen LogP contribution in [0, 0.1) is 0 Å². The Bertz CT molecular complexity index is 838. The molecule has 2 aromatic rings. The van der Waals surface area contributed by atoms with Crippen LogP contribution in [-0.2, 0) is 26.0 Å². The molecule has 1 saturated heterocycles. The Morgan fingerprint density at radius 3 is 2.56 bits per heavy atom. The van der Waals surface area contributed by atoms with Crippen LogP contribution in [-0.4, -0.2) is 49.8 Å². The van der Waals surface area contributed by atoms with Crippen molar-refractivity contribution in [1.82, 2.24) is 9.29 Å². The zero-order valence-corrected chi connectivity index (χ0v) is 15.6. The molecule has 6 nitrogen and oxygen atoms in total. The number of rotatable bonds is 6. The number of sulfonamides is 1. The molecule has 134 valence electrons. The molecule has 0 N–H and O–H groups in total. The normalized spacial score (nSPS) is 16.0. The third kappa shape index (κ3) is 4.14. The van der Waals surface area contributed by atoms with Gasteiger partial charge in [0, 0.05) is 30.5 Å². The van der Waals surface area contributed by atoms with E-state index in [1.807, 2.05) is 12.3 Å². The minimum Gasteiger partial charge on any atom is -0.379 e. The first-order chi connectivity index (χ1) is 12.0. The third-order valence-corrected chi connectivity index (χ3v) is 6.81. The highest BCUT2D eigenvalue weighted by molar-refractivity contribution is 7.89. The number of morpholine rings is 1. The number of carbonyl (C=O) groups excluding carboxylic acids is 1. The predicted octanol–water partition coefficient (Wildman–Crippen LogP) is 2.35. The monoisotopic (exact) mass is 380 g/mol. The van der Waals surface area contributed by atoms with E-state index in [0.29, 0.717) is 39.1 Å². The Hall–Kier alpha value is -1.61. The fourth-order valence-corrected chi connectivity index (χ4v) is 4.79. The Morgan fingerprint density at radius 2 is 1.92 bits per heavy atom. The first kappa shape index (κ1) is 18.2. The zero-order chi connectivity index (χ0) is 17.9. The van der Waals surface area contributed by atoms with E-state index >= 15 is 0 Å². The number of hydrogen-bond acceptors (Lipinski definition) is 6. The van der Waals surface area contributed by atoms with Crippen LogP contribution in [0.1, 0.15) is 18.4 Å². The largest absolute Gasteiger partial charge is 0.379 e. The Labute approximate surface area is 151 Å². The number of thiazole rings is 1. The molecule has 1 fully saturated rings.